The lowest BCUT2D eigenvalue weighted by Crippen LogP contribution is -1.86. The molecule has 0 aliphatic carbocycles. The highest BCUT2D eigenvalue weighted by molar-refractivity contribution is 5.43. The van der Waals surface area contributed by atoms with Crippen molar-refractivity contribution in [1.29, 1.82) is 0 Å². The number of hydrogen-bond donors (Lipinski definition) is 1. The molecule has 0 saturated heterocycles. The summed E-state index contributed by atoms with van der Waals surface area (Å²) < 4.78 is 16.2. The van der Waals surface area contributed by atoms with E-state index in [-0.39, 0.29) is 6.67 Å². The fraction of sp³-hybridized carbons (Fsp3) is 0.538. The van der Waals surface area contributed by atoms with E-state index in [1.807, 2.05) is 18.2 Å². The monoisotopic (exact) mass is 227 g/mol. The van der Waals surface area contributed by atoms with Crippen LogP contribution in [0.2, 0.25) is 0 Å². The second-order valence-electron chi connectivity index (χ2n) is 3.53. The SMILES string of the molecule is CCCCCCF.COc1cccc(N)c1. The van der Waals surface area contributed by atoms with Crippen LogP contribution in [0, 0.1) is 0 Å². The number of halogens is 1. The number of benzene rings is 1. The van der Waals surface area contributed by atoms with Crippen LogP contribution in [-0.2, 0) is 0 Å². The zero-order chi connectivity index (χ0) is 12.2. The Balaban J connectivity index is 0.000000293. The van der Waals surface area contributed by atoms with Crippen LogP contribution >= 0.6 is 0 Å². The van der Waals surface area contributed by atoms with E-state index in [1.165, 1.54) is 12.8 Å². The smallest absolute Gasteiger partial charge is 0.120 e. The van der Waals surface area contributed by atoms with Gasteiger partial charge in [-0.05, 0) is 18.6 Å². The maximum absolute atomic E-state index is 11.3. The number of anilines is 1. The Kier molecular flexibility index (Phi) is 9.47. The normalized spacial score (nSPS) is 9.19. The average Bonchev–Trinajstić information content (AvgIpc) is 2.31. The van der Waals surface area contributed by atoms with Gasteiger partial charge >= 0.3 is 0 Å². The molecule has 0 aliphatic heterocycles. The van der Waals surface area contributed by atoms with Crippen LogP contribution in [0.5, 0.6) is 5.75 Å². The Bertz CT molecular complexity index is 262. The number of nitrogens with two attached hydrogens (primary N) is 1. The Hall–Kier alpha value is -1.25. The summed E-state index contributed by atoms with van der Waals surface area (Å²) in [5.41, 5.74) is 6.19. The molecule has 0 atom stereocenters. The molecule has 2 nitrogen and oxygen atoms in total. The third kappa shape index (κ3) is 8.09. The molecule has 0 heterocycles. The van der Waals surface area contributed by atoms with E-state index in [0.717, 1.165) is 24.3 Å². The van der Waals surface area contributed by atoms with Crippen LogP contribution in [0.1, 0.15) is 32.6 Å². The van der Waals surface area contributed by atoms with E-state index >= 15 is 0 Å². The summed E-state index contributed by atoms with van der Waals surface area (Å²) in [5.74, 6) is 0.801. The minimum Gasteiger partial charge on any atom is -0.497 e. The molecule has 0 aliphatic rings. The van der Waals surface area contributed by atoms with Gasteiger partial charge in [-0.1, -0.05) is 32.3 Å². The zero-order valence-corrected chi connectivity index (χ0v) is 10.2. The summed E-state index contributed by atoms with van der Waals surface area (Å²) in [6, 6.07) is 7.31. The van der Waals surface area contributed by atoms with Crippen LogP contribution in [-0.4, -0.2) is 13.8 Å². The molecule has 0 saturated carbocycles. The molecule has 1 rings (SSSR count). The molecular weight excluding hydrogens is 205 g/mol. The second-order valence-corrected chi connectivity index (χ2v) is 3.53. The van der Waals surface area contributed by atoms with Crippen molar-refractivity contribution >= 4 is 5.69 Å². The molecule has 92 valence electrons. The molecule has 0 unspecified atom stereocenters. The van der Waals surface area contributed by atoms with E-state index in [0.29, 0.717) is 0 Å². The molecule has 0 fully saturated rings. The first kappa shape index (κ1) is 14.8. The van der Waals surface area contributed by atoms with E-state index in [9.17, 15) is 4.39 Å². The number of methoxy groups -OCH3 is 1. The maximum Gasteiger partial charge on any atom is 0.120 e. The number of unbranched alkanes of at least 4 members (excludes halogenated alkanes) is 3. The highest BCUT2D eigenvalue weighted by atomic mass is 19.1. The number of ether oxygens (including phenoxy) is 1. The fourth-order valence-corrected chi connectivity index (χ4v) is 1.16. The molecule has 0 aromatic heterocycles. The lowest BCUT2D eigenvalue weighted by Gasteiger charge is -1.97. The van der Waals surface area contributed by atoms with Crippen molar-refractivity contribution < 1.29 is 9.13 Å². The summed E-state index contributed by atoms with van der Waals surface area (Å²) >= 11 is 0. The summed E-state index contributed by atoms with van der Waals surface area (Å²) in [4.78, 5) is 0. The molecule has 0 radical (unpaired) electrons. The van der Waals surface area contributed by atoms with Gasteiger partial charge in [0.05, 0.1) is 13.8 Å². The van der Waals surface area contributed by atoms with Crippen LogP contribution in [0.4, 0.5) is 10.1 Å². The van der Waals surface area contributed by atoms with Gasteiger partial charge in [-0.25, -0.2) is 0 Å². The highest BCUT2D eigenvalue weighted by Gasteiger charge is 1.87. The largest absolute Gasteiger partial charge is 0.497 e. The molecule has 3 heteroatoms. The molecule has 0 spiro atoms. The standard InChI is InChI=1S/C7H9NO.C6H13F/c1-9-7-4-2-3-6(8)5-7;1-2-3-4-5-6-7/h2-5H,8H2,1H3;2-6H2,1H3. The third-order valence-electron chi connectivity index (χ3n) is 2.08. The minimum atomic E-state index is -0.139. The Morgan fingerprint density at radius 2 is 2.00 bits per heavy atom. The Morgan fingerprint density at radius 1 is 1.25 bits per heavy atom. The number of rotatable bonds is 5. The van der Waals surface area contributed by atoms with Gasteiger partial charge in [-0.15, -0.1) is 0 Å². The van der Waals surface area contributed by atoms with Gasteiger partial charge in [0.15, 0.2) is 0 Å². The van der Waals surface area contributed by atoms with Crippen molar-refractivity contribution in [3.05, 3.63) is 24.3 Å². The van der Waals surface area contributed by atoms with Gasteiger partial charge in [0.2, 0.25) is 0 Å². The molecular formula is C13H22FNO. The van der Waals surface area contributed by atoms with Crippen molar-refractivity contribution in [2.24, 2.45) is 0 Å². The lowest BCUT2D eigenvalue weighted by molar-refractivity contribution is 0.415. The lowest BCUT2D eigenvalue weighted by atomic mass is 10.2. The van der Waals surface area contributed by atoms with Gasteiger partial charge in [0.25, 0.3) is 0 Å². The Morgan fingerprint density at radius 3 is 2.44 bits per heavy atom. The predicted molar refractivity (Wildman–Crippen MR) is 67.5 cm³/mol. The van der Waals surface area contributed by atoms with E-state index in [4.69, 9.17) is 10.5 Å². The summed E-state index contributed by atoms with van der Waals surface area (Å²) in [7, 11) is 1.62. The van der Waals surface area contributed by atoms with Gasteiger partial charge in [-0.2, -0.15) is 0 Å². The van der Waals surface area contributed by atoms with Crippen molar-refractivity contribution in [3.63, 3.8) is 0 Å². The van der Waals surface area contributed by atoms with Gasteiger partial charge in [0, 0.05) is 11.8 Å². The Labute approximate surface area is 97.6 Å². The van der Waals surface area contributed by atoms with Crippen LogP contribution in [0.25, 0.3) is 0 Å². The zero-order valence-electron chi connectivity index (χ0n) is 10.2. The van der Waals surface area contributed by atoms with Crippen molar-refractivity contribution in [1.82, 2.24) is 0 Å². The molecule has 1 aromatic carbocycles. The summed E-state index contributed by atoms with van der Waals surface area (Å²) in [6.07, 6.45) is 4.20. The first-order valence-corrected chi connectivity index (χ1v) is 5.70. The molecule has 1 aromatic rings. The first-order chi connectivity index (χ1) is 7.74. The van der Waals surface area contributed by atoms with Crippen molar-refractivity contribution in [2.45, 2.75) is 32.6 Å². The van der Waals surface area contributed by atoms with Gasteiger partial charge in [-0.3, -0.25) is 4.39 Å². The topological polar surface area (TPSA) is 35.2 Å². The quantitative estimate of drug-likeness (QED) is 0.613. The van der Waals surface area contributed by atoms with Gasteiger partial charge < -0.3 is 10.5 Å². The van der Waals surface area contributed by atoms with Crippen LogP contribution in [0.15, 0.2) is 24.3 Å². The predicted octanol–water partition coefficient (Wildman–Crippen LogP) is 3.81. The number of nitrogen functional groups attached to an aromatic ring is 1. The number of hydrogen-bond acceptors (Lipinski definition) is 2. The van der Waals surface area contributed by atoms with Crippen molar-refractivity contribution in [3.8, 4) is 5.75 Å². The minimum absolute atomic E-state index is 0.139. The fourth-order valence-electron chi connectivity index (χ4n) is 1.16. The molecule has 2 N–H and O–H groups in total. The maximum atomic E-state index is 11.3. The summed E-state index contributed by atoms with van der Waals surface area (Å²) in [6.45, 7) is 1.98. The van der Waals surface area contributed by atoms with E-state index < -0.39 is 0 Å². The summed E-state index contributed by atoms with van der Waals surface area (Å²) in [5, 5.41) is 0. The molecule has 0 bridgehead atoms. The molecule has 0 amide bonds. The third-order valence-corrected chi connectivity index (χ3v) is 2.08. The van der Waals surface area contributed by atoms with Crippen LogP contribution in [0.3, 0.4) is 0 Å². The van der Waals surface area contributed by atoms with Crippen LogP contribution < -0.4 is 10.5 Å². The highest BCUT2D eigenvalue weighted by Crippen LogP contribution is 2.12. The average molecular weight is 227 g/mol. The van der Waals surface area contributed by atoms with Crippen molar-refractivity contribution in [2.75, 3.05) is 19.5 Å². The van der Waals surface area contributed by atoms with Gasteiger partial charge in [0.1, 0.15) is 5.75 Å². The molecule has 16 heavy (non-hydrogen) atoms. The van der Waals surface area contributed by atoms with E-state index in [1.54, 1.807) is 13.2 Å². The second kappa shape index (κ2) is 10.3. The first-order valence-electron chi connectivity index (χ1n) is 5.70. The van der Waals surface area contributed by atoms with E-state index in [2.05, 4.69) is 6.92 Å². The number of alkyl halides is 1.